The van der Waals surface area contributed by atoms with Crippen LogP contribution in [0.3, 0.4) is 0 Å². The molecule has 5 heteroatoms. The molecule has 1 heterocycles. The number of anilines is 1. The van der Waals surface area contributed by atoms with Gasteiger partial charge in [-0.2, -0.15) is 0 Å². The van der Waals surface area contributed by atoms with Crippen molar-refractivity contribution in [3.63, 3.8) is 0 Å². The molecule has 0 atom stereocenters. The van der Waals surface area contributed by atoms with Gasteiger partial charge in [-0.05, 0) is 26.0 Å². The zero-order valence-electron chi connectivity index (χ0n) is 9.48. The number of terminal acetylenes is 1. The molecule has 0 unspecified atom stereocenters. The molecule has 0 saturated carbocycles. The Bertz CT molecular complexity index is 527. The molecule has 0 bridgehead atoms. The van der Waals surface area contributed by atoms with E-state index in [2.05, 4.69) is 16.2 Å². The van der Waals surface area contributed by atoms with Gasteiger partial charge in [-0.25, -0.2) is 13.4 Å². The lowest BCUT2D eigenvalue weighted by Gasteiger charge is -2.21. The van der Waals surface area contributed by atoms with E-state index in [0.29, 0.717) is 0 Å². The van der Waals surface area contributed by atoms with Crippen molar-refractivity contribution in [1.82, 2.24) is 4.98 Å². The van der Waals surface area contributed by atoms with Crippen LogP contribution >= 0.6 is 0 Å². The standard InChI is InChI=1S/C11H14N2O2S/c1-5-11(2,3)13-10-9(16(4,14)15)7-6-8-12-10/h1,6-8H,2-4H3,(H,12,13). The van der Waals surface area contributed by atoms with Gasteiger partial charge in [-0.3, -0.25) is 0 Å². The number of sulfone groups is 1. The fraction of sp³-hybridized carbons (Fsp3) is 0.364. The summed E-state index contributed by atoms with van der Waals surface area (Å²) in [4.78, 5) is 4.14. The van der Waals surface area contributed by atoms with Crippen molar-refractivity contribution in [3.05, 3.63) is 18.3 Å². The second-order valence-electron chi connectivity index (χ2n) is 4.02. The van der Waals surface area contributed by atoms with Gasteiger partial charge in [-0.15, -0.1) is 6.42 Å². The quantitative estimate of drug-likeness (QED) is 0.807. The van der Waals surface area contributed by atoms with Gasteiger partial charge in [0.15, 0.2) is 9.84 Å². The average molecular weight is 238 g/mol. The maximum Gasteiger partial charge on any atom is 0.179 e. The van der Waals surface area contributed by atoms with E-state index in [1.54, 1.807) is 19.9 Å². The molecule has 1 aromatic heterocycles. The lowest BCUT2D eigenvalue weighted by Crippen LogP contribution is -2.29. The molecular formula is C11H14N2O2S. The first-order valence-electron chi connectivity index (χ1n) is 4.67. The van der Waals surface area contributed by atoms with Gasteiger partial charge in [0, 0.05) is 12.5 Å². The Morgan fingerprint density at radius 2 is 2.12 bits per heavy atom. The van der Waals surface area contributed by atoms with Gasteiger partial charge >= 0.3 is 0 Å². The highest BCUT2D eigenvalue weighted by Gasteiger charge is 2.20. The Morgan fingerprint density at radius 1 is 1.50 bits per heavy atom. The van der Waals surface area contributed by atoms with Crippen molar-refractivity contribution in [2.24, 2.45) is 0 Å². The minimum atomic E-state index is -3.31. The smallest absolute Gasteiger partial charge is 0.179 e. The number of hydrogen-bond acceptors (Lipinski definition) is 4. The van der Waals surface area contributed by atoms with Crippen LogP contribution in [0, 0.1) is 12.3 Å². The molecule has 0 aliphatic carbocycles. The summed E-state index contributed by atoms with van der Waals surface area (Å²) in [6.07, 6.45) is 7.98. The Morgan fingerprint density at radius 3 is 2.62 bits per heavy atom. The zero-order valence-corrected chi connectivity index (χ0v) is 10.3. The van der Waals surface area contributed by atoms with Crippen LogP contribution in [0.1, 0.15) is 13.8 Å². The molecule has 86 valence electrons. The van der Waals surface area contributed by atoms with E-state index in [1.165, 1.54) is 12.3 Å². The SMILES string of the molecule is C#CC(C)(C)Nc1ncccc1S(C)(=O)=O. The van der Waals surface area contributed by atoms with E-state index in [-0.39, 0.29) is 10.7 Å². The maximum absolute atomic E-state index is 11.5. The van der Waals surface area contributed by atoms with Crippen molar-refractivity contribution in [2.75, 3.05) is 11.6 Å². The zero-order chi connectivity index (χ0) is 12.4. The largest absolute Gasteiger partial charge is 0.353 e. The molecule has 0 amide bonds. The topological polar surface area (TPSA) is 59.1 Å². The van der Waals surface area contributed by atoms with Crippen molar-refractivity contribution < 1.29 is 8.42 Å². The Labute approximate surface area is 96.0 Å². The van der Waals surface area contributed by atoms with Crippen LogP contribution in [0.5, 0.6) is 0 Å². The van der Waals surface area contributed by atoms with Crippen LogP contribution in [-0.2, 0) is 9.84 Å². The summed E-state index contributed by atoms with van der Waals surface area (Å²) < 4.78 is 23.0. The van der Waals surface area contributed by atoms with Crippen molar-refractivity contribution in [2.45, 2.75) is 24.3 Å². The summed E-state index contributed by atoms with van der Waals surface area (Å²) in [5, 5.41) is 2.92. The second-order valence-corrected chi connectivity index (χ2v) is 6.00. The first-order chi connectivity index (χ1) is 7.26. The molecule has 0 spiro atoms. The van der Waals surface area contributed by atoms with Gasteiger partial charge in [-0.1, -0.05) is 5.92 Å². The number of nitrogens with one attached hydrogen (secondary N) is 1. The molecule has 16 heavy (non-hydrogen) atoms. The third-order valence-electron chi connectivity index (χ3n) is 1.96. The molecule has 0 fully saturated rings. The molecule has 4 nitrogen and oxygen atoms in total. The summed E-state index contributed by atoms with van der Waals surface area (Å²) >= 11 is 0. The first kappa shape index (κ1) is 12.5. The summed E-state index contributed by atoms with van der Waals surface area (Å²) in [6.45, 7) is 3.54. The van der Waals surface area contributed by atoms with Crippen molar-refractivity contribution in [3.8, 4) is 12.3 Å². The Balaban J connectivity index is 3.22. The normalized spacial score (nSPS) is 11.9. The van der Waals surface area contributed by atoms with Gasteiger partial charge in [0.05, 0.1) is 5.54 Å². The van der Waals surface area contributed by atoms with Crippen LogP contribution in [0.2, 0.25) is 0 Å². The predicted molar refractivity (Wildman–Crippen MR) is 63.9 cm³/mol. The van der Waals surface area contributed by atoms with Gasteiger partial charge in [0.1, 0.15) is 10.7 Å². The Kier molecular flexibility index (Phi) is 3.24. The highest BCUT2D eigenvalue weighted by Crippen LogP contribution is 2.21. The van der Waals surface area contributed by atoms with Crippen LogP contribution in [0.4, 0.5) is 5.82 Å². The fourth-order valence-electron chi connectivity index (χ4n) is 1.12. The number of hydrogen-bond donors (Lipinski definition) is 1. The number of rotatable bonds is 3. The van der Waals surface area contributed by atoms with Crippen LogP contribution < -0.4 is 5.32 Å². The second kappa shape index (κ2) is 4.14. The third-order valence-corrected chi connectivity index (χ3v) is 3.09. The molecule has 1 rings (SSSR count). The molecule has 0 aliphatic rings. The van der Waals surface area contributed by atoms with E-state index in [0.717, 1.165) is 6.26 Å². The lowest BCUT2D eigenvalue weighted by molar-refractivity contribution is 0.601. The highest BCUT2D eigenvalue weighted by atomic mass is 32.2. The average Bonchev–Trinajstić information content (AvgIpc) is 2.16. The van der Waals surface area contributed by atoms with E-state index >= 15 is 0 Å². The summed E-state index contributed by atoms with van der Waals surface area (Å²) in [7, 11) is -3.31. The number of pyridine rings is 1. The molecular weight excluding hydrogens is 224 g/mol. The van der Waals surface area contributed by atoms with E-state index < -0.39 is 15.4 Å². The van der Waals surface area contributed by atoms with Gasteiger partial charge in [0.25, 0.3) is 0 Å². The summed E-state index contributed by atoms with van der Waals surface area (Å²) in [6, 6.07) is 3.07. The van der Waals surface area contributed by atoms with Gasteiger partial charge in [0.2, 0.25) is 0 Å². The minimum absolute atomic E-state index is 0.151. The molecule has 0 aliphatic heterocycles. The van der Waals surface area contributed by atoms with Crippen LogP contribution in [-0.4, -0.2) is 25.2 Å². The summed E-state index contributed by atoms with van der Waals surface area (Å²) in [5.41, 5.74) is -0.645. The molecule has 1 N–H and O–H groups in total. The molecule has 0 saturated heterocycles. The van der Waals surface area contributed by atoms with E-state index in [4.69, 9.17) is 6.42 Å². The first-order valence-corrected chi connectivity index (χ1v) is 6.56. The van der Waals surface area contributed by atoms with Crippen LogP contribution in [0.15, 0.2) is 23.2 Å². The predicted octanol–water partition coefficient (Wildman–Crippen LogP) is 1.31. The van der Waals surface area contributed by atoms with Crippen LogP contribution in [0.25, 0.3) is 0 Å². The monoisotopic (exact) mass is 238 g/mol. The van der Waals surface area contributed by atoms with Gasteiger partial charge < -0.3 is 5.32 Å². The molecule has 0 radical (unpaired) electrons. The fourth-order valence-corrected chi connectivity index (χ4v) is 1.90. The number of nitrogens with zero attached hydrogens (tertiary/aromatic N) is 1. The van der Waals surface area contributed by atoms with Crippen molar-refractivity contribution in [1.29, 1.82) is 0 Å². The van der Waals surface area contributed by atoms with E-state index in [1.807, 2.05) is 0 Å². The Hall–Kier alpha value is -1.54. The molecule has 1 aromatic rings. The highest BCUT2D eigenvalue weighted by molar-refractivity contribution is 7.90. The maximum atomic E-state index is 11.5. The summed E-state index contributed by atoms with van der Waals surface area (Å²) in [5.74, 6) is 2.81. The van der Waals surface area contributed by atoms with E-state index in [9.17, 15) is 8.42 Å². The van der Waals surface area contributed by atoms with Crippen molar-refractivity contribution >= 4 is 15.7 Å². The lowest BCUT2D eigenvalue weighted by atomic mass is 10.1. The third kappa shape index (κ3) is 2.97. The molecule has 0 aromatic carbocycles. The minimum Gasteiger partial charge on any atom is -0.353 e. The number of aromatic nitrogens is 1.